The number of anilines is 1. The number of ether oxygens (including phenoxy) is 1. The zero-order valence-corrected chi connectivity index (χ0v) is 12.3. The lowest BCUT2D eigenvalue weighted by molar-refractivity contribution is -0.119. The van der Waals surface area contributed by atoms with Crippen LogP contribution in [0.3, 0.4) is 0 Å². The number of nitrogens with one attached hydrogen (secondary N) is 1. The summed E-state index contributed by atoms with van der Waals surface area (Å²) in [5.41, 5.74) is 0.746. The Hall–Kier alpha value is -2.04. The molecule has 0 aliphatic rings. The van der Waals surface area contributed by atoms with Crippen LogP contribution in [0.25, 0.3) is 0 Å². The molecule has 0 heterocycles. The van der Waals surface area contributed by atoms with Gasteiger partial charge in [0.1, 0.15) is 0 Å². The molecule has 0 aliphatic heterocycles. The van der Waals surface area contributed by atoms with E-state index >= 15 is 0 Å². The molecule has 2 aromatic rings. The van der Waals surface area contributed by atoms with Crippen molar-refractivity contribution in [1.82, 2.24) is 0 Å². The second kappa shape index (κ2) is 7.11. The highest BCUT2D eigenvalue weighted by atomic mass is 35.5. The van der Waals surface area contributed by atoms with Gasteiger partial charge in [0.05, 0.1) is 10.6 Å². The van der Waals surface area contributed by atoms with Gasteiger partial charge in [0.15, 0.2) is 6.61 Å². The minimum atomic E-state index is -0.651. The highest BCUT2D eigenvalue weighted by Gasteiger charge is 2.13. The first kappa shape index (κ1) is 15.4. The van der Waals surface area contributed by atoms with Gasteiger partial charge in [0, 0.05) is 10.7 Å². The number of carbonyl (C=O) groups is 2. The van der Waals surface area contributed by atoms with E-state index in [1.54, 1.807) is 42.5 Å². The van der Waals surface area contributed by atoms with Crippen LogP contribution in [-0.2, 0) is 9.53 Å². The smallest absolute Gasteiger partial charge is 0.340 e. The van der Waals surface area contributed by atoms with Crippen LogP contribution in [0.1, 0.15) is 10.4 Å². The molecule has 4 nitrogen and oxygen atoms in total. The lowest BCUT2D eigenvalue weighted by Gasteiger charge is -2.07. The van der Waals surface area contributed by atoms with Gasteiger partial charge in [-0.3, -0.25) is 4.79 Å². The number of esters is 1. The summed E-state index contributed by atoms with van der Waals surface area (Å²) in [5.74, 6) is -1.11. The SMILES string of the molecule is O=C(COC(=O)c1ccccc1Cl)Nc1cccc(Cl)c1. The Labute approximate surface area is 131 Å². The van der Waals surface area contributed by atoms with Gasteiger partial charge in [-0.1, -0.05) is 41.4 Å². The van der Waals surface area contributed by atoms with Crippen molar-refractivity contribution in [1.29, 1.82) is 0 Å². The summed E-state index contributed by atoms with van der Waals surface area (Å²) >= 11 is 11.7. The molecular formula is C15H11Cl2NO3. The zero-order valence-electron chi connectivity index (χ0n) is 10.8. The van der Waals surface area contributed by atoms with Crippen LogP contribution in [0.2, 0.25) is 10.0 Å². The zero-order chi connectivity index (χ0) is 15.2. The van der Waals surface area contributed by atoms with E-state index in [2.05, 4.69) is 5.32 Å². The number of hydrogen-bond donors (Lipinski definition) is 1. The molecule has 0 aliphatic carbocycles. The molecule has 6 heteroatoms. The van der Waals surface area contributed by atoms with Crippen molar-refractivity contribution >= 4 is 40.8 Å². The quantitative estimate of drug-likeness (QED) is 0.871. The standard InChI is InChI=1S/C15H11Cl2NO3/c16-10-4-3-5-11(8-10)18-14(19)9-21-15(20)12-6-1-2-7-13(12)17/h1-8H,9H2,(H,18,19). The maximum absolute atomic E-state index is 11.8. The summed E-state index contributed by atoms with van der Waals surface area (Å²) in [6.45, 7) is -0.406. The van der Waals surface area contributed by atoms with Crippen LogP contribution in [0, 0.1) is 0 Å². The van der Waals surface area contributed by atoms with Gasteiger partial charge in [-0.25, -0.2) is 4.79 Å². The molecule has 2 rings (SSSR count). The van der Waals surface area contributed by atoms with Gasteiger partial charge in [0.25, 0.3) is 5.91 Å². The Morgan fingerprint density at radius 3 is 2.52 bits per heavy atom. The molecule has 21 heavy (non-hydrogen) atoms. The van der Waals surface area contributed by atoms with Crippen LogP contribution in [0.15, 0.2) is 48.5 Å². The number of halogens is 2. The average Bonchev–Trinajstić information content (AvgIpc) is 2.45. The average molecular weight is 324 g/mol. The maximum atomic E-state index is 11.8. The molecule has 2 aromatic carbocycles. The first-order valence-electron chi connectivity index (χ1n) is 6.03. The number of rotatable bonds is 4. The minimum absolute atomic E-state index is 0.217. The van der Waals surface area contributed by atoms with E-state index in [-0.39, 0.29) is 10.6 Å². The molecule has 1 amide bonds. The molecule has 0 saturated carbocycles. The topological polar surface area (TPSA) is 55.4 Å². The van der Waals surface area contributed by atoms with E-state index in [9.17, 15) is 9.59 Å². The Kier molecular flexibility index (Phi) is 5.20. The summed E-state index contributed by atoms with van der Waals surface area (Å²) < 4.78 is 4.90. The van der Waals surface area contributed by atoms with Gasteiger partial charge in [0.2, 0.25) is 0 Å². The lowest BCUT2D eigenvalue weighted by atomic mass is 10.2. The van der Waals surface area contributed by atoms with Crippen molar-refractivity contribution in [3.63, 3.8) is 0 Å². The number of carbonyl (C=O) groups excluding carboxylic acids is 2. The van der Waals surface area contributed by atoms with Crippen LogP contribution < -0.4 is 5.32 Å². The predicted octanol–water partition coefficient (Wildman–Crippen LogP) is 3.79. The molecule has 0 unspecified atom stereocenters. The maximum Gasteiger partial charge on any atom is 0.340 e. The highest BCUT2D eigenvalue weighted by molar-refractivity contribution is 6.33. The summed E-state index contributed by atoms with van der Waals surface area (Å²) in [7, 11) is 0. The van der Waals surface area contributed by atoms with Crippen LogP contribution in [0.5, 0.6) is 0 Å². The molecule has 1 N–H and O–H groups in total. The summed E-state index contributed by atoms with van der Waals surface area (Å²) in [4.78, 5) is 23.4. The molecule has 108 valence electrons. The first-order valence-corrected chi connectivity index (χ1v) is 6.79. The fraction of sp³-hybridized carbons (Fsp3) is 0.0667. The Morgan fingerprint density at radius 2 is 1.81 bits per heavy atom. The number of hydrogen-bond acceptors (Lipinski definition) is 3. The first-order chi connectivity index (χ1) is 10.1. The lowest BCUT2D eigenvalue weighted by Crippen LogP contribution is -2.21. The highest BCUT2D eigenvalue weighted by Crippen LogP contribution is 2.16. The summed E-state index contributed by atoms with van der Waals surface area (Å²) in [5, 5.41) is 3.35. The largest absolute Gasteiger partial charge is 0.452 e. The Morgan fingerprint density at radius 1 is 1.05 bits per heavy atom. The molecule has 0 radical (unpaired) electrons. The number of benzene rings is 2. The second-order valence-corrected chi connectivity index (χ2v) is 4.96. The van der Waals surface area contributed by atoms with Gasteiger partial charge in [-0.2, -0.15) is 0 Å². The molecule has 0 spiro atoms. The third-order valence-electron chi connectivity index (χ3n) is 2.54. The second-order valence-electron chi connectivity index (χ2n) is 4.11. The van der Waals surface area contributed by atoms with Crippen LogP contribution in [0.4, 0.5) is 5.69 Å². The third kappa shape index (κ3) is 4.48. The normalized spacial score (nSPS) is 10.0. The van der Waals surface area contributed by atoms with Crippen LogP contribution >= 0.6 is 23.2 Å². The summed E-state index contributed by atoms with van der Waals surface area (Å²) in [6, 6.07) is 13.1. The van der Waals surface area contributed by atoms with Crippen LogP contribution in [-0.4, -0.2) is 18.5 Å². The van der Waals surface area contributed by atoms with E-state index in [1.165, 1.54) is 6.07 Å². The minimum Gasteiger partial charge on any atom is -0.452 e. The fourth-order valence-corrected chi connectivity index (χ4v) is 2.00. The van der Waals surface area contributed by atoms with Crippen molar-refractivity contribution in [2.75, 3.05) is 11.9 Å². The summed E-state index contributed by atoms with van der Waals surface area (Å²) in [6.07, 6.45) is 0. The number of amides is 1. The predicted molar refractivity (Wildman–Crippen MR) is 81.8 cm³/mol. The molecule has 0 bridgehead atoms. The van der Waals surface area contributed by atoms with Crippen molar-refractivity contribution in [3.05, 3.63) is 64.1 Å². The van der Waals surface area contributed by atoms with E-state index < -0.39 is 18.5 Å². The van der Waals surface area contributed by atoms with Gasteiger partial charge >= 0.3 is 5.97 Å². The molecule has 0 fully saturated rings. The van der Waals surface area contributed by atoms with E-state index in [1.807, 2.05) is 0 Å². The van der Waals surface area contributed by atoms with Gasteiger partial charge in [-0.05, 0) is 30.3 Å². The fourth-order valence-electron chi connectivity index (χ4n) is 1.60. The molecule has 0 saturated heterocycles. The van der Waals surface area contributed by atoms with Crippen molar-refractivity contribution in [3.8, 4) is 0 Å². The molecular weight excluding hydrogens is 313 g/mol. The molecule has 0 aromatic heterocycles. The Bertz CT molecular complexity index is 673. The molecule has 0 atom stereocenters. The van der Waals surface area contributed by atoms with Gasteiger partial charge < -0.3 is 10.1 Å². The van der Waals surface area contributed by atoms with E-state index in [0.29, 0.717) is 10.7 Å². The van der Waals surface area contributed by atoms with Crippen molar-refractivity contribution in [2.24, 2.45) is 0 Å². The third-order valence-corrected chi connectivity index (χ3v) is 3.10. The van der Waals surface area contributed by atoms with Crippen molar-refractivity contribution < 1.29 is 14.3 Å². The van der Waals surface area contributed by atoms with Gasteiger partial charge in [-0.15, -0.1) is 0 Å². The monoisotopic (exact) mass is 323 g/mol. The van der Waals surface area contributed by atoms with E-state index in [4.69, 9.17) is 27.9 Å². The van der Waals surface area contributed by atoms with Crippen molar-refractivity contribution in [2.45, 2.75) is 0 Å². The van der Waals surface area contributed by atoms with E-state index in [0.717, 1.165) is 0 Å². The Balaban J connectivity index is 1.90.